The summed E-state index contributed by atoms with van der Waals surface area (Å²) in [5, 5.41) is 0. The van der Waals surface area contributed by atoms with Crippen LogP contribution in [0.5, 0.6) is 0 Å². The molecule has 0 spiro atoms. The normalized spacial score (nSPS) is 14.5. The summed E-state index contributed by atoms with van der Waals surface area (Å²) in [6.45, 7) is 7.09. The maximum Gasteiger partial charge on any atom is 0.243 e. The molecule has 1 aliphatic heterocycles. The number of hydrogen-bond acceptors (Lipinski definition) is 3. The Bertz CT molecular complexity index is 1550. The lowest BCUT2D eigenvalue weighted by atomic mass is 9.80. The Morgan fingerprint density at radius 2 is 1.26 bits per heavy atom. The summed E-state index contributed by atoms with van der Waals surface area (Å²) in [5.74, 6) is 0. The van der Waals surface area contributed by atoms with Gasteiger partial charge in [0, 0.05) is 19.7 Å². The fraction of sp³-hybridized carbons (Fsp3) is 0.189. The van der Waals surface area contributed by atoms with Crippen molar-refractivity contribution in [2.24, 2.45) is 0 Å². The van der Waals surface area contributed by atoms with Gasteiger partial charge in [-0.2, -0.15) is 4.31 Å². The molecule has 0 aromatic heterocycles. The van der Waals surface area contributed by atoms with Crippen molar-refractivity contribution in [2.45, 2.75) is 30.3 Å². The molecule has 0 aliphatic carbocycles. The highest BCUT2D eigenvalue weighted by Crippen LogP contribution is 2.40. The first-order valence-corrected chi connectivity index (χ1v) is 15.8. The van der Waals surface area contributed by atoms with Crippen molar-refractivity contribution in [2.75, 3.05) is 19.7 Å². The van der Waals surface area contributed by atoms with E-state index in [2.05, 4.69) is 85.5 Å². The van der Waals surface area contributed by atoms with Crippen molar-refractivity contribution < 1.29 is 13.2 Å². The average Bonchev–Trinajstić information content (AvgIpc) is 3.46. The van der Waals surface area contributed by atoms with E-state index in [1.165, 1.54) is 4.31 Å². The number of aryl methyl sites for hydroxylation is 1. The second-order valence-corrected chi connectivity index (χ2v) is 12.5. The molecule has 0 unspecified atom stereocenters. The van der Waals surface area contributed by atoms with Crippen LogP contribution in [0.2, 0.25) is 0 Å². The first-order chi connectivity index (χ1) is 20.4. The van der Waals surface area contributed by atoms with Crippen LogP contribution in [0.25, 0.3) is 0 Å². The fourth-order valence-electron chi connectivity index (χ4n) is 5.44. The molecule has 0 atom stereocenters. The Morgan fingerprint density at radius 1 is 0.762 bits per heavy atom. The van der Waals surface area contributed by atoms with Gasteiger partial charge in [0.05, 0.1) is 4.90 Å². The van der Waals surface area contributed by atoms with Gasteiger partial charge in [-0.3, -0.25) is 0 Å². The number of ether oxygens (including phenoxy) is 1. The van der Waals surface area contributed by atoms with E-state index in [0.29, 0.717) is 24.6 Å². The molecule has 0 saturated heterocycles. The number of hydrogen-bond donors (Lipinski definition) is 0. The number of sulfonamides is 1. The predicted octanol–water partition coefficient (Wildman–Crippen LogP) is 7.83. The Labute approximate surface area is 250 Å². The summed E-state index contributed by atoms with van der Waals surface area (Å²) in [6, 6.07) is 38.1. The number of rotatable bonds is 12. The third-order valence-electron chi connectivity index (χ3n) is 7.70. The molecule has 5 rings (SSSR count). The minimum Gasteiger partial charge on any atom is -0.361 e. The lowest BCUT2D eigenvalue weighted by Crippen LogP contribution is -2.33. The number of nitrogens with zero attached hydrogens (tertiary/aromatic N) is 1. The molecule has 4 aromatic carbocycles. The molecule has 0 fully saturated rings. The van der Waals surface area contributed by atoms with Crippen molar-refractivity contribution in [3.8, 4) is 0 Å². The zero-order chi connectivity index (χ0) is 29.4. The van der Waals surface area contributed by atoms with Crippen molar-refractivity contribution in [1.29, 1.82) is 0 Å². The van der Waals surface area contributed by atoms with Gasteiger partial charge in [-0.15, -0.1) is 0 Å². The van der Waals surface area contributed by atoms with Crippen LogP contribution in [0.15, 0.2) is 156 Å². The Balaban J connectivity index is 1.28. The highest BCUT2D eigenvalue weighted by atomic mass is 32.2. The standard InChI is InChI=1S/C37H37NO3S/c1-3-31-28-38(42(39,40)36-25-23-30(2)24-26-36)29-32(31)16-8-7-15-27-41-37(33-17-9-4-10-18-33,34-19-11-5-12-20-34)35-21-13-6-14-22-35/h3-6,8-14,16-26H,1,7,15,27-29H2,2H3/b16-8+. The van der Waals surface area contributed by atoms with Crippen LogP contribution in [0.3, 0.4) is 0 Å². The van der Waals surface area contributed by atoms with Crippen LogP contribution >= 0.6 is 0 Å². The number of benzene rings is 4. The van der Waals surface area contributed by atoms with Crippen LogP contribution in [0.4, 0.5) is 0 Å². The van der Waals surface area contributed by atoms with E-state index >= 15 is 0 Å². The minimum absolute atomic E-state index is 0.317. The monoisotopic (exact) mass is 575 g/mol. The lowest BCUT2D eigenvalue weighted by Gasteiger charge is -2.36. The summed E-state index contributed by atoms with van der Waals surface area (Å²) in [6.07, 6.45) is 7.53. The fourth-order valence-corrected chi connectivity index (χ4v) is 6.84. The summed E-state index contributed by atoms with van der Waals surface area (Å²) >= 11 is 0. The first kappa shape index (κ1) is 29.5. The van der Waals surface area contributed by atoms with Crippen LogP contribution in [0.1, 0.15) is 35.1 Å². The molecular formula is C37H37NO3S. The summed E-state index contributed by atoms with van der Waals surface area (Å²) in [5.41, 5.74) is 5.46. The second kappa shape index (κ2) is 13.3. The van der Waals surface area contributed by atoms with E-state index in [4.69, 9.17) is 4.74 Å². The molecule has 5 heteroatoms. The molecule has 42 heavy (non-hydrogen) atoms. The van der Waals surface area contributed by atoms with Gasteiger partial charge >= 0.3 is 0 Å². The number of allylic oxidation sites excluding steroid dienone is 1. The summed E-state index contributed by atoms with van der Waals surface area (Å²) in [7, 11) is -3.58. The highest BCUT2D eigenvalue weighted by Gasteiger charge is 2.37. The van der Waals surface area contributed by atoms with Gasteiger partial charge in [0.25, 0.3) is 0 Å². The van der Waals surface area contributed by atoms with Crippen molar-refractivity contribution in [3.05, 3.63) is 173 Å². The van der Waals surface area contributed by atoms with E-state index in [1.807, 2.05) is 43.3 Å². The highest BCUT2D eigenvalue weighted by molar-refractivity contribution is 7.89. The quantitative estimate of drug-likeness (QED) is 0.128. The molecule has 1 heterocycles. The third-order valence-corrected chi connectivity index (χ3v) is 9.51. The van der Waals surface area contributed by atoms with E-state index in [0.717, 1.165) is 46.2 Å². The van der Waals surface area contributed by atoms with Gasteiger partial charge < -0.3 is 4.74 Å². The van der Waals surface area contributed by atoms with E-state index < -0.39 is 15.6 Å². The van der Waals surface area contributed by atoms with Gasteiger partial charge in [-0.05, 0) is 59.7 Å². The van der Waals surface area contributed by atoms with Crippen molar-refractivity contribution in [1.82, 2.24) is 4.31 Å². The molecule has 0 saturated carbocycles. The Hall–Kier alpha value is -4.03. The summed E-state index contributed by atoms with van der Waals surface area (Å²) < 4.78 is 34.9. The molecule has 4 nitrogen and oxygen atoms in total. The summed E-state index contributed by atoms with van der Waals surface area (Å²) in [4.78, 5) is 0.317. The van der Waals surface area contributed by atoms with Crippen LogP contribution in [-0.2, 0) is 20.4 Å². The molecule has 0 N–H and O–H groups in total. The SMILES string of the molecule is C=CC1=C(/C=C/CCCOC(c2ccccc2)(c2ccccc2)c2ccccc2)CN(S(=O)(=O)c2ccc(C)cc2)C1. The largest absolute Gasteiger partial charge is 0.361 e. The predicted molar refractivity (Wildman–Crippen MR) is 171 cm³/mol. The van der Waals surface area contributed by atoms with Crippen LogP contribution < -0.4 is 0 Å². The molecule has 1 aliphatic rings. The van der Waals surface area contributed by atoms with Gasteiger partial charge in [-0.25, -0.2) is 8.42 Å². The van der Waals surface area contributed by atoms with Gasteiger partial charge in [-0.1, -0.05) is 133 Å². The van der Waals surface area contributed by atoms with E-state index in [1.54, 1.807) is 18.2 Å². The third kappa shape index (κ3) is 6.24. The van der Waals surface area contributed by atoms with Crippen LogP contribution in [-0.4, -0.2) is 32.4 Å². The zero-order valence-corrected chi connectivity index (χ0v) is 24.8. The maximum atomic E-state index is 13.2. The topological polar surface area (TPSA) is 46.6 Å². The van der Waals surface area contributed by atoms with Crippen molar-refractivity contribution in [3.63, 3.8) is 0 Å². The van der Waals surface area contributed by atoms with Gasteiger partial charge in [0.15, 0.2) is 0 Å². The Morgan fingerprint density at radius 3 is 1.76 bits per heavy atom. The Kier molecular flexibility index (Phi) is 9.33. The van der Waals surface area contributed by atoms with E-state index in [-0.39, 0.29) is 0 Å². The average molecular weight is 576 g/mol. The van der Waals surface area contributed by atoms with Crippen molar-refractivity contribution >= 4 is 10.0 Å². The molecule has 0 bridgehead atoms. The van der Waals surface area contributed by atoms with Gasteiger partial charge in [0.2, 0.25) is 10.0 Å². The minimum atomic E-state index is -3.58. The van der Waals surface area contributed by atoms with Crippen LogP contribution in [0, 0.1) is 6.92 Å². The second-order valence-electron chi connectivity index (χ2n) is 10.5. The number of unbranched alkanes of at least 4 members (excludes halogenated alkanes) is 1. The molecule has 0 radical (unpaired) electrons. The van der Waals surface area contributed by atoms with Gasteiger partial charge in [0.1, 0.15) is 5.60 Å². The first-order valence-electron chi connectivity index (χ1n) is 14.3. The zero-order valence-electron chi connectivity index (χ0n) is 24.0. The smallest absolute Gasteiger partial charge is 0.243 e. The molecule has 0 amide bonds. The molecule has 4 aromatic rings. The molecular weight excluding hydrogens is 538 g/mol. The maximum absolute atomic E-state index is 13.2. The molecule has 214 valence electrons. The lowest BCUT2D eigenvalue weighted by molar-refractivity contribution is 0.0119. The van der Waals surface area contributed by atoms with E-state index in [9.17, 15) is 8.42 Å².